The first kappa shape index (κ1) is 17.0. The van der Waals surface area contributed by atoms with Crippen molar-refractivity contribution in [2.45, 2.75) is 13.1 Å². The van der Waals surface area contributed by atoms with Crippen LogP contribution in [0, 0.1) is 11.2 Å². The number of hydrogen-bond acceptors (Lipinski definition) is 3. The molecule has 0 spiro atoms. The van der Waals surface area contributed by atoms with Gasteiger partial charge in [0.1, 0.15) is 5.82 Å². The van der Waals surface area contributed by atoms with Gasteiger partial charge in [0.25, 0.3) is 5.91 Å². The zero-order chi connectivity index (χ0) is 16.4. The number of anilines is 2. The Labute approximate surface area is 122 Å². The number of carbonyl (C=O) groups is 1. The molecule has 0 radical (unpaired) electrons. The fourth-order valence-electron chi connectivity index (χ4n) is 1.40. The van der Waals surface area contributed by atoms with Crippen molar-refractivity contribution in [3.05, 3.63) is 34.1 Å². The molecule has 0 aliphatic carbocycles. The maximum Gasteiger partial charge on any atom is 0.418 e. The van der Waals surface area contributed by atoms with E-state index in [4.69, 9.17) is 22.7 Å². The molecule has 114 valence electrons. The summed E-state index contributed by atoms with van der Waals surface area (Å²) in [7, 11) is 0. The van der Waals surface area contributed by atoms with Crippen LogP contribution in [0.3, 0.4) is 0 Å². The lowest BCUT2D eigenvalue weighted by Crippen LogP contribution is -2.22. The number of nitrogens with two attached hydrogens (primary N) is 1. The lowest BCUT2D eigenvalue weighted by Gasteiger charge is -2.12. The molecule has 0 saturated carbocycles. The van der Waals surface area contributed by atoms with Crippen LogP contribution in [0.4, 0.5) is 28.9 Å². The zero-order valence-corrected chi connectivity index (χ0v) is 11.4. The van der Waals surface area contributed by atoms with Crippen LogP contribution in [-0.4, -0.2) is 18.3 Å². The second-order valence-electron chi connectivity index (χ2n) is 3.99. The first-order valence-corrected chi connectivity index (χ1v) is 5.80. The van der Waals surface area contributed by atoms with Gasteiger partial charge in [-0.15, -0.1) is 0 Å². The first-order valence-electron chi connectivity index (χ1n) is 5.42. The van der Waals surface area contributed by atoms with Crippen molar-refractivity contribution in [1.82, 2.24) is 0 Å². The fourth-order valence-corrected chi connectivity index (χ4v) is 1.55. The van der Waals surface area contributed by atoms with E-state index in [1.54, 1.807) is 0 Å². The second-order valence-corrected chi connectivity index (χ2v) is 4.40. The fraction of sp³-hybridized carbons (Fsp3) is 0.167. The zero-order valence-electron chi connectivity index (χ0n) is 10.6. The normalized spacial score (nSPS) is 12.7. The number of nitrogen functional groups attached to an aromatic ring is 1. The molecule has 4 nitrogen and oxygen atoms in total. The number of amides is 1. The first-order chi connectivity index (χ1) is 9.57. The predicted octanol–water partition coefficient (Wildman–Crippen LogP) is 3.53. The Kier molecular flexibility index (Phi) is 4.95. The highest BCUT2D eigenvalue weighted by Crippen LogP contribution is 2.29. The molecule has 0 fully saturated rings. The summed E-state index contributed by atoms with van der Waals surface area (Å²) >= 11 is 5.55. The van der Waals surface area contributed by atoms with Gasteiger partial charge in [0.2, 0.25) is 0 Å². The third-order valence-electron chi connectivity index (χ3n) is 2.53. The predicted molar refractivity (Wildman–Crippen MR) is 72.0 cm³/mol. The van der Waals surface area contributed by atoms with Gasteiger partial charge in [-0.2, -0.15) is 13.2 Å². The molecule has 0 aliphatic heterocycles. The van der Waals surface area contributed by atoms with Crippen LogP contribution < -0.4 is 11.1 Å². The molecule has 0 aliphatic rings. The standard InChI is InChI=1S/C12H10ClF4N3O/c1-5(6(4-18)12(15,16)17)11(21)20-10-3-9(19)7(13)2-8(10)14/h2-4,18H,19H2,1H3,(H,20,21). The highest BCUT2D eigenvalue weighted by Gasteiger charge is 2.35. The molecular formula is C12H10ClF4N3O. The maximum atomic E-state index is 13.5. The van der Waals surface area contributed by atoms with E-state index < -0.39 is 34.7 Å². The quantitative estimate of drug-likeness (QED) is 0.344. The van der Waals surface area contributed by atoms with Crippen LogP contribution in [-0.2, 0) is 4.79 Å². The van der Waals surface area contributed by atoms with Crippen molar-refractivity contribution in [3.8, 4) is 0 Å². The van der Waals surface area contributed by atoms with Gasteiger partial charge in [-0.3, -0.25) is 4.79 Å². The van der Waals surface area contributed by atoms with Gasteiger partial charge in [-0.1, -0.05) is 11.6 Å². The molecule has 0 aromatic heterocycles. The SMILES string of the molecule is CC(C(=O)Nc1cc(N)c(Cl)cc1F)=C(C=N)C(F)(F)F. The molecule has 0 saturated heterocycles. The van der Waals surface area contributed by atoms with Crippen molar-refractivity contribution < 1.29 is 22.4 Å². The third kappa shape index (κ3) is 3.94. The number of hydrogen-bond donors (Lipinski definition) is 3. The summed E-state index contributed by atoms with van der Waals surface area (Å²) in [6.45, 7) is 0.875. The number of halogens is 5. The highest BCUT2D eigenvalue weighted by atomic mass is 35.5. The van der Waals surface area contributed by atoms with Gasteiger partial charge in [0.15, 0.2) is 0 Å². The summed E-state index contributed by atoms with van der Waals surface area (Å²) in [4.78, 5) is 11.7. The molecule has 9 heteroatoms. The van der Waals surface area contributed by atoms with E-state index in [1.807, 2.05) is 5.32 Å². The summed E-state index contributed by atoms with van der Waals surface area (Å²) in [5, 5.41) is 8.59. The van der Waals surface area contributed by atoms with Crippen molar-refractivity contribution in [2.24, 2.45) is 0 Å². The van der Waals surface area contributed by atoms with E-state index in [2.05, 4.69) is 0 Å². The Morgan fingerprint density at radius 3 is 2.48 bits per heavy atom. The Balaban J connectivity index is 3.15. The molecule has 1 aromatic rings. The van der Waals surface area contributed by atoms with Gasteiger partial charge in [-0.05, 0) is 19.1 Å². The Morgan fingerprint density at radius 1 is 1.43 bits per heavy atom. The molecule has 0 bridgehead atoms. The molecule has 21 heavy (non-hydrogen) atoms. The molecule has 1 amide bonds. The monoisotopic (exact) mass is 323 g/mol. The van der Waals surface area contributed by atoms with Crippen LogP contribution in [0.5, 0.6) is 0 Å². The Bertz CT molecular complexity index is 626. The van der Waals surface area contributed by atoms with Crippen molar-refractivity contribution in [2.75, 3.05) is 11.1 Å². The number of nitrogens with one attached hydrogen (secondary N) is 2. The van der Waals surface area contributed by atoms with Gasteiger partial charge in [0.05, 0.1) is 22.0 Å². The molecule has 0 atom stereocenters. The van der Waals surface area contributed by atoms with Crippen LogP contribution >= 0.6 is 11.6 Å². The molecule has 1 aromatic carbocycles. The number of alkyl halides is 3. The van der Waals surface area contributed by atoms with Crippen LogP contribution in [0.1, 0.15) is 6.92 Å². The summed E-state index contributed by atoms with van der Waals surface area (Å²) in [6, 6.07) is 1.81. The summed E-state index contributed by atoms with van der Waals surface area (Å²) < 4.78 is 51.2. The third-order valence-corrected chi connectivity index (χ3v) is 2.86. The average Bonchev–Trinajstić information content (AvgIpc) is 2.34. The van der Waals surface area contributed by atoms with E-state index >= 15 is 0 Å². The number of carbonyl (C=O) groups excluding carboxylic acids is 1. The smallest absolute Gasteiger partial charge is 0.397 e. The molecule has 4 N–H and O–H groups in total. The van der Waals surface area contributed by atoms with E-state index in [0.717, 1.165) is 19.1 Å². The summed E-state index contributed by atoms with van der Waals surface area (Å²) in [6.07, 6.45) is -4.85. The van der Waals surface area contributed by atoms with Crippen LogP contribution in [0.2, 0.25) is 5.02 Å². The van der Waals surface area contributed by atoms with Gasteiger partial charge < -0.3 is 16.5 Å². The number of allylic oxidation sites excluding steroid dienone is 1. The minimum atomic E-state index is -4.86. The second kappa shape index (κ2) is 6.13. The topological polar surface area (TPSA) is 79.0 Å². The molecule has 0 heterocycles. The van der Waals surface area contributed by atoms with Gasteiger partial charge in [0, 0.05) is 11.8 Å². The van der Waals surface area contributed by atoms with Crippen molar-refractivity contribution in [3.63, 3.8) is 0 Å². The Morgan fingerprint density at radius 2 is 2.00 bits per heavy atom. The average molecular weight is 324 g/mol. The lowest BCUT2D eigenvalue weighted by atomic mass is 10.1. The largest absolute Gasteiger partial charge is 0.418 e. The minimum Gasteiger partial charge on any atom is -0.397 e. The number of benzene rings is 1. The Hall–Kier alpha value is -2.09. The summed E-state index contributed by atoms with van der Waals surface area (Å²) in [5.41, 5.74) is 2.76. The maximum absolute atomic E-state index is 13.5. The van der Waals surface area contributed by atoms with E-state index in [0.29, 0.717) is 0 Å². The van der Waals surface area contributed by atoms with E-state index in [-0.39, 0.29) is 16.9 Å². The van der Waals surface area contributed by atoms with Gasteiger partial charge in [-0.25, -0.2) is 4.39 Å². The number of rotatable bonds is 3. The van der Waals surface area contributed by atoms with E-state index in [1.165, 1.54) is 0 Å². The molecule has 0 unspecified atom stereocenters. The molecule has 1 rings (SSSR count). The van der Waals surface area contributed by atoms with Crippen LogP contribution in [0.15, 0.2) is 23.3 Å². The minimum absolute atomic E-state index is 0.0154. The lowest BCUT2D eigenvalue weighted by molar-refractivity contribution is -0.114. The van der Waals surface area contributed by atoms with E-state index in [9.17, 15) is 22.4 Å². The molecular weight excluding hydrogens is 314 g/mol. The highest BCUT2D eigenvalue weighted by molar-refractivity contribution is 6.33. The van der Waals surface area contributed by atoms with Crippen molar-refractivity contribution >= 4 is 35.1 Å². The van der Waals surface area contributed by atoms with Crippen molar-refractivity contribution in [1.29, 1.82) is 5.41 Å². The summed E-state index contributed by atoms with van der Waals surface area (Å²) in [5.74, 6) is -2.15. The van der Waals surface area contributed by atoms with Gasteiger partial charge >= 0.3 is 6.18 Å². The van der Waals surface area contributed by atoms with Crippen LogP contribution in [0.25, 0.3) is 0 Å².